The summed E-state index contributed by atoms with van der Waals surface area (Å²) in [6.07, 6.45) is 0.500. The first-order valence-electron chi connectivity index (χ1n) is 11.1. The highest BCUT2D eigenvalue weighted by Crippen LogP contribution is 2.49. The Morgan fingerprint density at radius 1 is 0.912 bits per heavy atom. The summed E-state index contributed by atoms with van der Waals surface area (Å²) in [5.41, 5.74) is 4.60. The molecule has 8 heteroatoms. The summed E-state index contributed by atoms with van der Waals surface area (Å²) in [7, 11) is 4.05. The lowest BCUT2D eigenvalue weighted by Gasteiger charge is -2.38. The predicted octanol–water partition coefficient (Wildman–Crippen LogP) is 5.89. The van der Waals surface area contributed by atoms with Gasteiger partial charge in [0.2, 0.25) is 11.0 Å². The Kier molecular flexibility index (Phi) is 5.27. The summed E-state index contributed by atoms with van der Waals surface area (Å²) in [6, 6.07) is 25.3. The number of rotatable bonds is 5. The van der Waals surface area contributed by atoms with Crippen molar-refractivity contribution in [2.24, 2.45) is 0 Å². The molecule has 0 radical (unpaired) electrons. The van der Waals surface area contributed by atoms with E-state index in [4.69, 9.17) is 0 Å². The minimum Gasteiger partial charge on any atom is -0.378 e. The second kappa shape index (κ2) is 8.45. The fourth-order valence-electron chi connectivity index (χ4n) is 4.41. The number of carbonyl (C=O) groups is 1. The van der Waals surface area contributed by atoms with Crippen LogP contribution in [0.4, 0.5) is 22.2 Å². The van der Waals surface area contributed by atoms with Crippen molar-refractivity contribution in [1.29, 1.82) is 0 Å². The largest absolute Gasteiger partial charge is 0.378 e. The molecule has 1 aromatic heterocycles. The van der Waals surface area contributed by atoms with Gasteiger partial charge in [-0.25, -0.2) is 0 Å². The number of hydrogen-bond acceptors (Lipinski definition) is 7. The minimum absolute atomic E-state index is 0.0114. The van der Waals surface area contributed by atoms with E-state index in [0.29, 0.717) is 18.1 Å². The van der Waals surface area contributed by atoms with Crippen molar-refractivity contribution in [3.05, 3.63) is 83.4 Å². The van der Waals surface area contributed by atoms with Crippen LogP contribution in [0.5, 0.6) is 0 Å². The Hall–Kier alpha value is -3.36. The van der Waals surface area contributed by atoms with E-state index in [1.54, 1.807) is 16.7 Å². The number of anilines is 4. The van der Waals surface area contributed by atoms with Crippen LogP contribution in [0.1, 0.15) is 23.0 Å². The van der Waals surface area contributed by atoms with Crippen LogP contribution in [0.2, 0.25) is 0 Å². The van der Waals surface area contributed by atoms with Gasteiger partial charge in [-0.1, -0.05) is 59.5 Å². The van der Waals surface area contributed by atoms with Crippen molar-refractivity contribution in [2.75, 3.05) is 28.8 Å². The van der Waals surface area contributed by atoms with Gasteiger partial charge in [-0.15, -0.1) is 10.2 Å². The van der Waals surface area contributed by atoms with E-state index in [-0.39, 0.29) is 11.9 Å². The maximum absolute atomic E-state index is 12.6. The smallest absolute Gasteiger partial charge is 0.231 e. The molecular formula is C26H23N5OS2. The molecule has 6 rings (SSSR count). The topological polar surface area (TPSA) is 52.6 Å². The number of aromatic nitrogens is 2. The normalized spacial score (nSPS) is 16.6. The first-order valence-corrected chi connectivity index (χ1v) is 12.8. The van der Waals surface area contributed by atoms with Crippen molar-refractivity contribution in [2.45, 2.75) is 28.8 Å². The molecule has 0 bridgehead atoms. The van der Waals surface area contributed by atoms with Gasteiger partial charge in [-0.2, -0.15) is 0 Å². The van der Waals surface area contributed by atoms with Crippen LogP contribution in [0.15, 0.2) is 82.6 Å². The number of hydrogen-bond donors (Lipinski definition) is 0. The van der Waals surface area contributed by atoms with Crippen LogP contribution in [-0.4, -0.2) is 30.2 Å². The van der Waals surface area contributed by atoms with Crippen molar-refractivity contribution >= 4 is 51.2 Å². The molecule has 170 valence electrons. The van der Waals surface area contributed by atoms with Crippen LogP contribution in [0, 0.1) is 0 Å². The molecule has 2 aliphatic rings. The van der Waals surface area contributed by atoms with Gasteiger partial charge < -0.3 is 9.80 Å². The number of benzene rings is 3. The highest BCUT2D eigenvalue weighted by atomic mass is 32.2. The van der Waals surface area contributed by atoms with Gasteiger partial charge in [-0.3, -0.25) is 9.69 Å². The Balaban J connectivity index is 1.27. The molecule has 0 N–H and O–H groups in total. The Morgan fingerprint density at radius 3 is 2.18 bits per heavy atom. The summed E-state index contributed by atoms with van der Waals surface area (Å²) in [4.78, 5) is 21.2. The van der Waals surface area contributed by atoms with E-state index in [1.165, 1.54) is 32.5 Å². The summed E-state index contributed by atoms with van der Waals surface area (Å²) < 4.78 is 0. The number of amides is 1. The zero-order valence-corrected chi connectivity index (χ0v) is 20.5. The molecule has 1 unspecified atom stereocenters. The number of carbonyl (C=O) groups excluding carboxylic acids is 1. The maximum Gasteiger partial charge on any atom is 0.231 e. The van der Waals surface area contributed by atoms with E-state index in [1.807, 2.05) is 14.1 Å². The lowest BCUT2D eigenvalue weighted by atomic mass is 9.94. The molecule has 1 fully saturated rings. The molecule has 3 heterocycles. The first kappa shape index (κ1) is 21.2. The molecule has 6 nitrogen and oxygen atoms in total. The fraction of sp³-hybridized carbons (Fsp3) is 0.192. The van der Waals surface area contributed by atoms with Crippen LogP contribution in [0.25, 0.3) is 0 Å². The maximum atomic E-state index is 12.6. The van der Waals surface area contributed by atoms with Crippen LogP contribution >= 0.6 is 23.1 Å². The summed E-state index contributed by atoms with van der Waals surface area (Å²) in [5, 5.41) is 10.4. The number of para-hydroxylation sites is 2. The molecule has 1 atom stereocenters. The Morgan fingerprint density at radius 2 is 1.56 bits per heavy atom. The zero-order chi connectivity index (χ0) is 23.2. The van der Waals surface area contributed by atoms with Gasteiger partial charge in [0, 0.05) is 29.6 Å². The van der Waals surface area contributed by atoms with Crippen LogP contribution in [-0.2, 0) is 11.3 Å². The standard InChI is InChI=1S/C26H23N5OS2/c1-29(2)18-13-11-17(12-14-18)21-15-25(32)31(21)26-28-27-24(34-26)16-30-19-7-3-5-9-22(19)33-23-10-6-4-8-20(23)30/h3-14,21H,15-16H2,1-2H3. The van der Waals surface area contributed by atoms with Crippen LogP contribution in [0.3, 0.4) is 0 Å². The average molecular weight is 486 g/mol. The number of fused-ring (bicyclic) bond motifs is 2. The molecular weight excluding hydrogens is 462 g/mol. The molecule has 2 aliphatic heterocycles. The summed E-state index contributed by atoms with van der Waals surface area (Å²) in [6.45, 7) is 0.608. The second-order valence-electron chi connectivity index (χ2n) is 8.57. The van der Waals surface area contributed by atoms with Crippen molar-refractivity contribution < 1.29 is 4.79 Å². The predicted molar refractivity (Wildman–Crippen MR) is 138 cm³/mol. The van der Waals surface area contributed by atoms with E-state index in [2.05, 4.69) is 92.8 Å². The third-order valence-corrected chi connectivity index (χ3v) is 8.27. The SMILES string of the molecule is CN(C)c1ccc(C2CC(=O)N2c2nnc(CN3c4ccccc4Sc4ccccc43)s2)cc1. The van der Waals surface area contributed by atoms with Gasteiger partial charge in [0.05, 0.1) is 30.4 Å². The molecule has 0 aliphatic carbocycles. The molecule has 3 aromatic carbocycles. The van der Waals surface area contributed by atoms with Gasteiger partial charge in [-0.05, 0) is 42.0 Å². The molecule has 1 saturated heterocycles. The van der Waals surface area contributed by atoms with Gasteiger partial charge in [0.15, 0.2) is 0 Å². The van der Waals surface area contributed by atoms with Gasteiger partial charge >= 0.3 is 0 Å². The Labute approximate surface area is 206 Å². The fourth-order valence-corrected chi connectivity index (χ4v) is 6.40. The summed E-state index contributed by atoms with van der Waals surface area (Å²) in [5.74, 6) is 0.0921. The molecule has 0 spiro atoms. The molecule has 4 aromatic rings. The number of nitrogens with zero attached hydrogens (tertiary/aromatic N) is 5. The Bertz CT molecular complexity index is 1320. The minimum atomic E-state index is 0.0114. The zero-order valence-electron chi connectivity index (χ0n) is 18.9. The van der Waals surface area contributed by atoms with E-state index < -0.39 is 0 Å². The number of β-lactam (4-membered cyclic amide) rings is 1. The van der Waals surface area contributed by atoms with Crippen molar-refractivity contribution in [3.63, 3.8) is 0 Å². The highest BCUT2D eigenvalue weighted by molar-refractivity contribution is 7.99. The summed E-state index contributed by atoms with van der Waals surface area (Å²) >= 11 is 3.29. The van der Waals surface area contributed by atoms with E-state index in [9.17, 15) is 4.79 Å². The third kappa shape index (κ3) is 3.63. The monoisotopic (exact) mass is 485 g/mol. The first-order chi connectivity index (χ1) is 16.6. The highest BCUT2D eigenvalue weighted by Gasteiger charge is 2.40. The van der Waals surface area contributed by atoms with Gasteiger partial charge in [0.1, 0.15) is 5.01 Å². The van der Waals surface area contributed by atoms with Crippen LogP contribution < -0.4 is 14.7 Å². The van der Waals surface area contributed by atoms with Crippen molar-refractivity contribution in [1.82, 2.24) is 10.2 Å². The molecule has 1 amide bonds. The molecule has 0 saturated carbocycles. The van der Waals surface area contributed by atoms with E-state index >= 15 is 0 Å². The van der Waals surface area contributed by atoms with E-state index in [0.717, 1.165) is 16.3 Å². The third-order valence-electron chi connectivity index (χ3n) is 6.23. The lowest BCUT2D eigenvalue weighted by molar-refractivity contribution is -0.124. The quantitative estimate of drug-likeness (QED) is 0.329. The average Bonchev–Trinajstić information content (AvgIpc) is 3.29. The van der Waals surface area contributed by atoms with Crippen molar-refractivity contribution in [3.8, 4) is 0 Å². The lowest BCUT2D eigenvalue weighted by Crippen LogP contribution is -2.46. The van der Waals surface area contributed by atoms with Gasteiger partial charge in [0.25, 0.3) is 0 Å². The molecule has 34 heavy (non-hydrogen) atoms. The second-order valence-corrected chi connectivity index (χ2v) is 10.7.